The summed E-state index contributed by atoms with van der Waals surface area (Å²) in [6, 6.07) is 10.5. The van der Waals surface area contributed by atoms with Crippen molar-refractivity contribution in [3.63, 3.8) is 0 Å². The molecule has 29 heavy (non-hydrogen) atoms. The van der Waals surface area contributed by atoms with Gasteiger partial charge in [0, 0.05) is 26.1 Å². The van der Waals surface area contributed by atoms with Crippen LogP contribution in [0.25, 0.3) is 6.08 Å². The third-order valence-electron chi connectivity index (χ3n) is 4.45. The van der Waals surface area contributed by atoms with Crippen LogP contribution in [-0.4, -0.2) is 37.7 Å². The molecule has 154 valence electrons. The normalized spacial score (nSPS) is 12.7. The fourth-order valence-corrected chi connectivity index (χ4v) is 3.07. The molecule has 0 unspecified atom stereocenters. The molecule has 3 rings (SSSR count). The van der Waals surface area contributed by atoms with Gasteiger partial charge >= 0.3 is 6.61 Å². The summed E-state index contributed by atoms with van der Waals surface area (Å²) in [5, 5.41) is 0. The van der Waals surface area contributed by atoms with Crippen LogP contribution in [0.15, 0.2) is 42.5 Å². The Kier molecular flexibility index (Phi) is 6.69. The molecule has 0 aromatic heterocycles. The third-order valence-corrected chi connectivity index (χ3v) is 4.45. The van der Waals surface area contributed by atoms with Crippen molar-refractivity contribution in [3.8, 4) is 17.2 Å². The van der Waals surface area contributed by atoms with Gasteiger partial charge in [0.2, 0.25) is 5.91 Å². The number of ether oxygens (including phenoxy) is 3. The zero-order valence-electron chi connectivity index (χ0n) is 16.4. The first-order valence-corrected chi connectivity index (χ1v) is 9.35. The SMILES string of the molecule is CCOc1cc(CN(C)C(=O)/C=C/c2ccc3c(c2)CCO3)ccc1OC(F)F. The van der Waals surface area contributed by atoms with E-state index < -0.39 is 6.61 Å². The fraction of sp³-hybridized carbons (Fsp3) is 0.318. The summed E-state index contributed by atoms with van der Waals surface area (Å²) in [6.45, 7) is 0.127. The first kappa shape index (κ1) is 20.6. The fourth-order valence-electron chi connectivity index (χ4n) is 3.07. The van der Waals surface area contributed by atoms with Gasteiger partial charge in [-0.1, -0.05) is 12.1 Å². The van der Waals surface area contributed by atoms with E-state index in [-0.39, 0.29) is 17.4 Å². The number of hydrogen-bond donors (Lipinski definition) is 0. The van der Waals surface area contributed by atoms with Gasteiger partial charge in [0.15, 0.2) is 11.5 Å². The summed E-state index contributed by atoms with van der Waals surface area (Å²) in [4.78, 5) is 14.0. The number of amides is 1. The molecule has 0 saturated carbocycles. The van der Waals surface area contributed by atoms with Crippen LogP contribution in [0.4, 0.5) is 8.78 Å². The van der Waals surface area contributed by atoms with Crippen LogP contribution in [0, 0.1) is 0 Å². The number of alkyl halides is 2. The van der Waals surface area contributed by atoms with Crippen molar-refractivity contribution in [1.82, 2.24) is 4.90 Å². The minimum Gasteiger partial charge on any atom is -0.493 e. The van der Waals surface area contributed by atoms with Gasteiger partial charge in [-0.05, 0) is 54.0 Å². The van der Waals surface area contributed by atoms with E-state index in [1.165, 1.54) is 17.0 Å². The number of rotatable bonds is 8. The summed E-state index contributed by atoms with van der Waals surface area (Å²) in [5.41, 5.74) is 2.82. The van der Waals surface area contributed by atoms with Crippen molar-refractivity contribution in [3.05, 3.63) is 59.2 Å². The van der Waals surface area contributed by atoms with Gasteiger partial charge in [0.05, 0.1) is 13.2 Å². The minimum atomic E-state index is -2.93. The van der Waals surface area contributed by atoms with Crippen molar-refractivity contribution in [2.24, 2.45) is 0 Å². The summed E-state index contributed by atoms with van der Waals surface area (Å²) < 4.78 is 40.3. The molecular formula is C22H23F2NO4. The Morgan fingerprint density at radius 3 is 2.83 bits per heavy atom. The maximum atomic E-state index is 12.5. The zero-order valence-corrected chi connectivity index (χ0v) is 16.4. The molecule has 1 aliphatic heterocycles. The smallest absolute Gasteiger partial charge is 0.387 e. The number of likely N-dealkylation sites (N-methyl/N-ethyl adjacent to an activating group) is 1. The number of benzene rings is 2. The van der Waals surface area contributed by atoms with E-state index >= 15 is 0 Å². The highest BCUT2D eigenvalue weighted by Crippen LogP contribution is 2.30. The molecular weight excluding hydrogens is 380 g/mol. The van der Waals surface area contributed by atoms with Gasteiger partial charge in [-0.25, -0.2) is 0 Å². The first-order chi connectivity index (χ1) is 14.0. The zero-order chi connectivity index (χ0) is 20.8. The second kappa shape index (κ2) is 9.41. The Bertz CT molecular complexity index is 898. The molecule has 0 bridgehead atoms. The topological polar surface area (TPSA) is 48.0 Å². The highest BCUT2D eigenvalue weighted by molar-refractivity contribution is 5.91. The molecule has 2 aromatic rings. The molecule has 0 aliphatic carbocycles. The molecule has 7 heteroatoms. The van der Waals surface area contributed by atoms with E-state index in [1.54, 1.807) is 32.2 Å². The Hall–Kier alpha value is -3.09. The maximum absolute atomic E-state index is 12.5. The van der Waals surface area contributed by atoms with Crippen LogP contribution >= 0.6 is 0 Å². The molecule has 1 aliphatic rings. The van der Waals surface area contributed by atoms with Gasteiger partial charge in [-0.2, -0.15) is 8.78 Å². The van der Waals surface area contributed by atoms with Crippen molar-refractivity contribution in [2.75, 3.05) is 20.3 Å². The highest BCUT2D eigenvalue weighted by atomic mass is 19.3. The lowest BCUT2D eigenvalue weighted by molar-refractivity contribution is -0.125. The molecule has 0 saturated heterocycles. The molecule has 2 aromatic carbocycles. The summed E-state index contributed by atoms with van der Waals surface area (Å²) in [5.74, 6) is 0.921. The van der Waals surface area contributed by atoms with E-state index in [1.807, 2.05) is 18.2 Å². The van der Waals surface area contributed by atoms with E-state index in [0.717, 1.165) is 28.9 Å². The number of hydrogen-bond acceptors (Lipinski definition) is 4. The Morgan fingerprint density at radius 1 is 1.24 bits per heavy atom. The Balaban J connectivity index is 1.65. The lowest BCUT2D eigenvalue weighted by atomic mass is 10.1. The average Bonchev–Trinajstić information content (AvgIpc) is 3.15. The van der Waals surface area contributed by atoms with Crippen molar-refractivity contribution < 1.29 is 27.8 Å². The van der Waals surface area contributed by atoms with E-state index in [9.17, 15) is 13.6 Å². The molecule has 1 heterocycles. The maximum Gasteiger partial charge on any atom is 0.387 e. The molecule has 0 N–H and O–H groups in total. The van der Waals surface area contributed by atoms with Crippen LogP contribution in [0.5, 0.6) is 17.2 Å². The lowest BCUT2D eigenvalue weighted by Gasteiger charge is -2.17. The molecule has 0 spiro atoms. The largest absolute Gasteiger partial charge is 0.493 e. The summed E-state index contributed by atoms with van der Waals surface area (Å²) in [7, 11) is 1.67. The van der Waals surface area contributed by atoms with Gasteiger partial charge < -0.3 is 19.1 Å². The standard InChI is InChI=1S/C22H23F2NO4/c1-3-27-20-13-16(5-8-19(20)29-22(23)24)14-25(2)21(26)9-6-15-4-7-18-17(12-15)10-11-28-18/h4-9,12-13,22H,3,10-11,14H2,1-2H3/b9-6+. The number of halogens is 2. The van der Waals surface area contributed by atoms with Gasteiger partial charge in [0.25, 0.3) is 0 Å². The number of fused-ring (bicyclic) bond motifs is 1. The minimum absolute atomic E-state index is 0.0277. The third kappa shape index (κ3) is 5.47. The molecule has 0 radical (unpaired) electrons. The second-order valence-electron chi connectivity index (χ2n) is 6.59. The average molecular weight is 403 g/mol. The van der Waals surface area contributed by atoms with E-state index in [0.29, 0.717) is 19.8 Å². The second-order valence-corrected chi connectivity index (χ2v) is 6.59. The van der Waals surface area contributed by atoms with Crippen molar-refractivity contribution in [1.29, 1.82) is 0 Å². The predicted molar refractivity (Wildman–Crippen MR) is 105 cm³/mol. The number of carbonyl (C=O) groups excluding carboxylic acids is 1. The highest BCUT2D eigenvalue weighted by Gasteiger charge is 2.14. The quantitative estimate of drug-likeness (QED) is 0.617. The predicted octanol–water partition coefficient (Wildman–Crippen LogP) is 4.29. The van der Waals surface area contributed by atoms with Crippen molar-refractivity contribution in [2.45, 2.75) is 26.5 Å². The summed E-state index contributed by atoms with van der Waals surface area (Å²) >= 11 is 0. The van der Waals surface area contributed by atoms with Crippen molar-refractivity contribution >= 4 is 12.0 Å². The Morgan fingerprint density at radius 2 is 2.07 bits per heavy atom. The number of nitrogens with zero attached hydrogens (tertiary/aromatic N) is 1. The van der Waals surface area contributed by atoms with Crippen LogP contribution in [-0.2, 0) is 17.8 Å². The first-order valence-electron chi connectivity index (χ1n) is 9.35. The molecule has 0 atom stereocenters. The lowest BCUT2D eigenvalue weighted by Crippen LogP contribution is -2.24. The Labute approximate surface area is 168 Å². The molecule has 5 nitrogen and oxygen atoms in total. The molecule has 0 fully saturated rings. The van der Waals surface area contributed by atoms with E-state index in [2.05, 4.69) is 4.74 Å². The molecule has 1 amide bonds. The van der Waals surface area contributed by atoms with Gasteiger partial charge in [0.1, 0.15) is 5.75 Å². The van der Waals surface area contributed by atoms with Crippen LogP contribution in [0.1, 0.15) is 23.6 Å². The summed E-state index contributed by atoms with van der Waals surface area (Å²) in [6.07, 6.45) is 4.15. The van der Waals surface area contributed by atoms with Crippen LogP contribution in [0.3, 0.4) is 0 Å². The van der Waals surface area contributed by atoms with Crippen LogP contribution < -0.4 is 14.2 Å². The van der Waals surface area contributed by atoms with Gasteiger partial charge in [-0.15, -0.1) is 0 Å². The van der Waals surface area contributed by atoms with Crippen LogP contribution in [0.2, 0.25) is 0 Å². The number of carbonyl (C=O) groups is 1. The monoisotopic (exact) mass is 403 g/mol. The van der Waals surface area contributed by atoms with E-state index in [4.69, 9.17) is 9.47 Å². The van der Waals surface area contributed by atoms with Gasteiger partial charge in [-0.3, -0.25) is 4.79 Å².